The minimum absolute atomic E-state index is 0.169. The SMILES string of the molecule is CCCO[C@@H]1CN(C2CCC(O)(c3cc(C)ccn3)CC2)C[C@@H]1NC(=O)CNC(=O)c1cccc(C(F)(F)F)c1. The summed E-state index contributed by atoms with van der Waals surface area (Å²) in [4.78, 5) is 31.8. The number of aromatic nitrogens is 1. The van der Waals surface area contributed by atoms with Crippen molar-refractivity contribution in [1.82, 2.24) is 20.5 Å². The molecule has 4 rings (SSSR count). The van der Waals surface area contributed by atoms with Gasteiger partial charge in [0.05, 0.1) is 29.9 Å². The van der Waals surface area contributed by atoms with Gasteiger partial charge in [-0.25, -0.2) is 0 Å². The third-order valence-corrected chi connectivity index (χ3v) is 7.73. The minimum atomic E-state index is -4.57. The molecule has 2 aromatic rings. The van der Waals surface area contributed by atoms with Gasteiger partial charge in [0.15, 0.2) is 0 Å². The van der Waals surface area contributed by atoms with Crippen molar-refractivity contribution in [3.05, 3.63) is 65.0 Å². The maximum absolute atomic E-state index is 13.0. The van der Waals surface area contributed by atoms with Gasteiger partial charge in [-0.1, -0.05) is 13.0 Å². The van der Waals surface area contributed by atoms with Gasteiger partial charge in [0.1, 0.15) is 5.60 Å². The van der Waals surface area contributed by atoms with Crippen LogP contribution < -0.4 is 10.6 Å². The van der Waals surface area contributed by atoms with Gasteiger partial charge < -0.3 is 20.5 Å². The zero-order chi connectivity index (χ0) is 28.9. The average Bonchev–Trinajstić information content (AvgIpc) is 3.32. The molecule has 8 nitrogen and oxygen atoms in total. The summed E-state index contributed by atoms with van der Waals surface area (Å²) in [5, 5.41) is 16.6. The van der Waals surface area contributed by atoms with Crippen LogP contribution in [0.25, 0.3) is 0 Å². The zero-order valence-corrected chi connectivity index (χ0v) is 22.8. The van der Waals surface area contributed by atoms with E-state index < -0.39 is 29.2 Å². The molecule has 2 amide bonds. The Labute approximate surface area is 232 Å². The first-order valence-electron chi connectivity index (χ1n) is 13.7. The Balaban J connectivity index is 1.32. The maximum Gasteiger partial charge on any atom is 0.416 e. The van der Waals surface area contributed by atoms with Crippen LogP contribution in [0.2, 0.25) is 0 Å². The second-order valence-electron chi connectivity index (χ2n) is 10.8. The van der Waals surface area contributed by atoms with E-state index in [9.17, 15) is 27.9 Å². The number of aryl methyl sites for hydroxylation is 1. The molecule has 1 aromatic carbocycles. The van der Waals surface area contributed by atoms with Crippen molar-refractivity contribution >= 4 is 11.8 Å². The fourth-order valence-electron chi connectivity index (χ4n) is 5.53. The molecule has 1 saturated heterocycles. The van der Waals surface area contributed by atoms with Crippen LogP contribution in [0.5, 0.6) is 0 Å². The van der Waals surface area contributed by atoms with E-state index >= 15 is 0 Å². The number of pyridine rings is 1. The van der Waals surface area contributed by atoms with Crippen molar-refractivity contribution < 1.29 is 32.6 Å². The van der Waals surface area contributed by atoms with E-state index in [4.69, 9.17) is 4.74 Å². The summed E-state index contributed by atoms with van der Waals surface area (Å²) >= 11 is 0. The van der Waals surface area contributed by atoms with Crippen LogP contribution in [-0.2, 0) is 21.3 Å². The predicted molar refractivity (Wildman–Crippen MR) is 142 cm³/mol. The van der Waals surface area contributed by atoms with Crippen LogP contribution in [0.1, 0.15) is 66.2 Å². The lowest BCUT2D eigenvalue weighted by molar-refractivity contribution is -0.137. The van der Waals surface area contributed by atoms with Crippen LogP contribution in [0.4, 0.5) is 13.2 Å². The molecule has 0 spiro atoms. The Morgan fingerprint density at radius 1 is 1.18 bits per heavy atom. The first-order valence-corrected chi connectivity index (χ1v) is 13.7. The monoisotopic (exact) mass is 562 g/mol. The van der Waals surface area contributed by atoms with Gasteiger partial charge in [0.25, 0.3) is 5.91 Å². The Morgan fingerprint density at radius 2 is 1.93 bits per heavy atom. The van der Waals surface area contributed by atoms with Gasteiger partial charge >= 0.3 is 6.18 Å². The highest BCUT2D eigenvalue weighted by Gasteiger charge is 2.42. The largest absolute Gasteiger partial charge is 0.416 e. The van der Waals surface area contributed by atoms with Crippen LogP contribution in [0, 0.1) is 6.92 Å². The van der Waals surface area contributed by atoms with Crippen molar-refractivity contribution in [1.29, 1.82) is 0 Å². The molecule has 1 aliphatic carbocycles. The van der Waals surface area contributed by atoms with Gasteiger partial charge in [0.2, 0.25) is 5.91 Å². The summed E-state index contributed by atoms with van der Waals surface area (Å²) in [6.07, 6.45) is 0.477. The number of nitrogens with one attached hydrogen (secondary N) is 2. The molecule has 0 bridgehead atoms. The standard InChI is InChI=1S/C29H37F3N4O4/c1-3-13-40-24-18-36(22-7-10-28(39,11-8-22)25-14-19(2)9-12-33-25)17-23(24)35-26(37)16-34-27(38)20-5-4-6-21(15-20)29(30,31)32/h4-6,9,12,14-15,22-24,39H,3,7-8,10-11,13,16-18H2,1-2H3,(H,34,38)(H,35,37)/t22?,23-,24+,28?/m0/s1. The first-order chi connectivity index (χ1) is 19.0. The lowest BCUT2D eigenvalue weighted by Crippen LogP contribution is -2.48. The number of hydrogen-bond acceptors (Lipinski definition) is 6. The number of alkyl halides is 3. The third kappa shape index (κ3) is 7.38. The van der Waals surface area contributed by atoms with Crippen molar-refractivity contribution in [2.75, 3.05) is 26.2 Å². The van der Waals surface area contributed by atoms with Crippen molar-refractivity contribution in [2.24, 2.45) is 0 Å². The fourth-order valence-corrected chi connectivity index (χ4v) is 5.53. The fraction of sp³-hybridized carbons (Fsp3) is 0.552. The molecule has 11 heteroatoms. The molecule has 40 heavy (non-hydrogen) atoms. The molecular formula is C29H37F3N4O4. The van der Waals surface area contributed by atoms with E-state index in [1.807, 2.05) is 26.0 Å². The Kier molecular flexibility index (Phi) is 9.48. The molecular weight excluding hydrogens is 525 g/mol. The quantitative estimate of drug-likeness (QED) is 0.432. The van der Waals surface area contributed by atoms with Gasteiger partial charge in [-0.2, -0.15) is 13.2 Å². The molecule has 0 unspecified atom stereocenters. The van der Waals surface area contributed by atoms with Gasteiger partial charge in [0, 0.05) is 37.5 Å². The molecule has 1 saturated carbocycles. The smallest absolute Gasteiger partial charge is 0.384 e. The Morgan fingerprint density at radius 3 is 2.60 bits per heavy atom. The second-order valence-corrected chi connectivity index (χ2v) is 10.8. The number of rotatable bonds is 9. The van der Waals surface area contributed by atoms with Crippen molar-refractivity contribution in [3.63, 3.8) is 0 Å². The normalized spacial score (nSPS) is 25.5. The van der Waals surface area contributed by atoms with E-state index in [2.05, 4.69) is 20.5 Å². The first kappa shape index (κ1) is 30.0. The summed E-state index contributed by atoms with van der Waals surface area (Å²) < 4.78 is 44.9. The molecule has 2 heterocycles. The molecule has 2 atom stereocenters. The van der Waals surface area contributed by atoms with E-state index in [0.29, 0.717) is 38.2 Å². The predicted octanol–water partition coefficient (Wildman–Crippen LogP) is 3.56. The number of benzene rings is 1. The van der Waals surface area contributed by atoms with E-state index in [1.54, 1.807) is 6.20 Å². The molecule has 3 N–H and O–H groups in total. The number of ether oxygens (including phenoxy) is 1. The number of carbonyl (C=O) groups is 2. The topological polar surface area (TPSA) is 104 Å². The van der Waals surface area contributed by atoms with Crippen LogP contribution in [0.3, 0.4) is 0 Å². The van der Waals surface area contributed by atoms with Crippen molar-refractivity contribution in [2.45, 2.75) is 75.9 Å². The van der Waals surface area contributed by atoms with E-state index in [-0.39, 0.29) is 30.3 Å². The highest BCUT2D eigenvalue weighted by Crippen LogP contribution is 2.39. The summed E-state index contributed by atoms with van der Waals surface area (Å²) in [5.74, 6) is -1.20. The summed E-state index contributed by atoms with van der Waals surface area (Å²) in [6, 6.07) is 7.84. The van der Waals surface area contributed by atoms with Crippen LogP contribution >= 0.6 is 0 Å². The third-order valence-electron chi connectivity index (χ3n) is 7.73. The number of carbonyl (C=O) groups excluding carboxylic acids is 2. The highest BCUT2D eigenvalue weighted by molar-refractivity contribution is 5.96. The molecule has 0 radical (unpaired) electrons. The van der Waals surface area contributed by atoms with Gasteiger partial charge in [-0.3, -0.25) is 19.5 Å². The molecule has 218 valence electrons. The summed E-state index contributed by atoms with van der Waals surface area (Å²) in [5.41, 5.74) is -0.291. The molecule has 2 aliphatic rings. The Bertz CT molecular complexity index is 1180. The average molecular weight is 563 g/mol. The number of nitrogens with zero attached hydrogens (tertiary/aromatic N) is 2. The van der Waals surface area contributed by atoms with Crippen molar-refractivity contribution in [3.8, 4) is 0 Å². The lowest BCUT2D eigenvalue weighted by Gasteiger charge is -2.39. The van der Waals surface area contributed by atoms with Crippen LogP contribution in [0.15, 0.2) is 42.6 Å². The van der Waals surface area contributed by atoms with E-state index in [0.717, 1.165) is 43.0 Å². The Hall–Kier alpha value is -3.02. The lowest BCUT2D eigenvalue weighted by atomic mass is 9.79. The number of hydrogen-bond donors (Lipinski definition) is 3. The van der Waals surface area contributed by atoms with Gasteiger partial charge in [-0.05, 0) is 74.9 Å². The maximum atomic E-state index is 13.0. The number of amides is 2. The number of halogens is 3. The summed E-state index contributed by atoms with van der Waals surface area (Å²) in [6.45, 7) is 5.35. The molecule has 1 aliphatic heterocycles. The number of likely N-dealkylation sites (tertiary alicyclic amines) is 1. The molecule has 2 fully saturated rings. The van der Waals surface area contributed by atoms with Gasteiger partial charge in [-0.15, -0.1) is 0 Å². The molecule has 1 aromatic heterocycles. The number of aliphatic hydroxyl groups is 1. The zero-order valence-electron chi connectivity index (χ0n) is 22.8. The minimum Gasteiger partial charge on any atom is -0.384 e. The highest BCUT2D eigenvalue weighted by atomic mass is 19.4. The van der Waals surface area contributed by atoms with E-state index in [1.165, 1.54) is 6.07 Å². The second kappa shape index (κ2) is 12.7. The van der Waals surface area contributed by atoms with Crippen LogP contribution in [-0.4, -0.2) is 71.2 Å². The summed E-state index contributed by atoms with van der Waals surface area (Å²) in [7, 11) is 0.